The highest BCUT2D eigenvalue weighted by Crippen LogP contribution is 2.38. The fourth-order valence-electron chi connectivity index (χ4n) is 5.73. The lowest BCUT2D eigenvalue weighted by molar-refractivity contribution is 0.134. The summed E-state index contributed by atoms with van der Waals surface area (Å²) < 4.78 is 52.3. The molecule has 0 aliphatic carbocycles. The first-order valence-electron chi connectivity index (χ1n) is 12.8. The first-order valence-corrected chi connectivity index (χ1v) is 16.5. The molecular weight excluding hydrogens is 530 g/mol. The average molecular weight is 566 g/mol. The van der Waals surface area contributed by atoms with Crippen molar-refractivity contribution >= 4 is 37.6 Å². The number of nitrogens with zero attached hydrogens (tertiary/aromatic N) is 6. The van der Waals surface area contributed by atoms with E-state index in [0.717, 1.165) is 30.3 Å². The van der Waals surface area contributed by atoms with E-state index in [-0.39, 0.29) is 23.9 Å². The molecule has 1 amide bonds. The van der Waals surface area contributed by atoms with Gasteiger partial charge < -0.3 is 9.80 Å². The Bertz CT molecular complexity index is 1400. The Labute approximate surface area is 224 Å². The number of fused-ring (bicyclic) bond motifs is 2. The maximum Gasteiger partial charge on any atom is 0.344 e. The molecule has 1 aromatic carbocycles. The summed E-state index contributed by atoms with van der Waals surface area (Å²) in [6.07, 6.45) is 5.76. The highest BCUT2D eigenvalue weighted by atomic mass is 32.2. The average Bonchev–Trinajstić information content (AvgIpc) is 3.39. The number of benzene rings is 1. The predicted octanol–water partition coefficient (Wildman–Crippen LogP) is 0.962. The number of rotatable bonds is 6. The molecule has 2 atom stereocenters. The van der Waals surface area contributed by atoms with Gasteiger partial charge in [-0.1, -0.05) is 12.1 Å². The fourth-order valence-corrected chi connectivity index (χ4v) is 7.11. The van der Waals surface area contributed by atoms with Crippen LogP contribution in [-0.2, 0) is 26.6 Å². The van der Waals surface area contributed by atoms with E-state index < -0.39 is 20.0 Å². The number of sulfonamides is 2. The Kier molecular flexibility index (Phi) is 7.18. The molecule has 2 unspecified atom stereocenters. The van der Waals surface area contributed by atoms with Crippen LogP contribution in [0.2, 0.25) is 0 Å². The van der Waals surface area contributed by atoms with Crippen LogP contribution < -0.4 is 9.62 Å². The number of aromatic nitrogens is 2. The maximum atomic E-state index is 12.9. The monoisotopic (exact) mass is 565 g/mol. The van der Waals surface area contributed by atoms with Gasteiger partial charge in [0.15, 0.2) is 5.82 Å². The normalized spacial score (nSPS) is 23.1. The van der Waals surface area contributed by atoms with Crippen LogP contribution in [0.3, 0.4) is 0 Å². The van der Waals surface area contributed by atoms with Crippen molar-refractivity contribution in [1.29, 1.82) is 0 Å². The number of carbonyl (C=O) groups excluding carboxylic acids is 1. The lowest BCUT2D eigenvalue weighted by atomic mass is 10.0. The second-order valence-electron chi connectivity index (χ2n) is 10.6. The molecule has 0 spiro atoms. The van der Waals surface area contributed by atoms with Crippen molar-refractivity contribution in [2.75, 3.05) is 61.4 Å². The lowest BCUT2D eigenvalue weighted by Crippen LogP contribution is -2.55. The standard InChI is InChI=1S/C24H35N7O5S2/c1-18-4-5-19(22(14-18)31-20-6-7-21(31)17-29(16-20)38(3,35)36)15-27-10-12-28(13-11-27)24(32)30-9-8-23(25-30)26-37(2,33)34/h4-5,8-9,14,20-21H,6-7,10-13,15-17H2,1-3H3,(H,25,26). The third kappa shape index (κ3) is 5.82. The van der Waals surface area contributed by atoms with Gasteiger partial charge in [-0.3, -0.25) is 9.62 Å². The number of piperazine rings is 2. The topological polar surface area (TPSA) is 128 Å². The summed E-state index contributed by atoms with van der Waals surface area (Å²) in [6.45, 7) is 6.34. The minimum absolute atomic E-state index is 0.109. The second-order valence-corrected chi connectivity index (χ2v) is 14.3. The van der Waals surface area contributed by atoms with Gasteiger partial charge in [-0.05, 0) is 37.0 Å². The first kappa shape index (κ1) is 26.9. The fraction of sp³-hybridized carbons (Fsp3) is 0.583. The van der Waals surface area contributed by atoms with Crippen LogP contribution in [0.5, 0.6) is 0 Å². The molecule has 0 radical (unpaired) electrons. The zero-order chi connectivity index (χ0) is 27.2. The maximum absolute atomic E-state index is 12.9. The number of hydrogen-bond donors (Lipinski definition) is 1. The highest BCUT2D eigenvalue weighted by Gasteiger charge is 2.43. The number of amides is 1. The molecule has 2 bridgehead atoms. The van der Waals surface area contributed by atoms with E-state index in [4.69, 9.17) is 0 Å². The van der Waals surface area contributed by atoms with E-state index in [1.54, 1.807) is 9.21 Å². The van der Waals surface area contributed by atoms with E-state index in [1.165, 1.54) is 35.3 Å². The van der Waals surface area contributed by atoms with E-state index in [0.29, 0.717) is 39.3 Å². The van der Waals surface area contributed by atoms with Crippen molar-refractivity contribution in [3.63, 3.8) is 0 Å². The molecule has 5 rings (SSSR count). The summed E-state index contributed by atoms with van der Waals surface area (Å²) in [7, 11) is -6.68. The van der Waals surface area contributed by atoms with Crippen molar-refractivity contribution < 1.29 is 21.6 Å². The van der Waals surface area contributed by atoms with Crippen molar-refractivity contribution in [3.8, 4) is 0 Å². The van der Waals surface area contributed by atoms with E-state index in [2.05, 4.69) is 44.7 Å². The molecule has 3 saturated heterocycles. The molecule has 1 N–H and O–H groups in total. The summed E-state index contributed by atoms with van der Waals surface area (Å²) in [4.78, 5) is 19.4. The van der Waals surface area contributed by atoms with Gasteiger partial charge in [0.25, 0.3) is 0 Å². The minimum atomic E-state index is -3.47. The molecule has 12 nitrogen and oxygen atoms in total. The van der Waals surface area contributed by atoms with E-state index in [9.17, 15) is 21.6 Å². The third-order valence-corrected chi connectivity index (χ3v) is 9.36. The highest BCUT2D eigenvalue weighted by molar-refractivity contribution is 7.92. The molecule has 3 fully saturated rings. The predicted molar refractivity (Wildman–Crippen MR) is 145 cm³/mol. The van der Waals surface area contributed by atoms with Gasteiger partial charge in [0, 0.05) is 75.8 Å². The smallest absolute Gasteiger partial charge is 0.344 e. The number of nitrogens with one attached hydrogen (secondary N) is 1. The Hall–Kier alpha value is -2.68. The first-order chi connectivity index (χ1) is 17.9. The molecule has 2 aromatic rings. The van der Waals surface area contributed by atoms with Crippen molar-refractivity contribution in [2.24, 2.45) is 0 Å². The summed E-state index contributed by atoms with van der Waals surface area (Å²) in [5, 5.41) is 4.04. The molecule has 3 aliphatic rings. The number of hydrogen-bond acceptors (Lipinski definition) is 8. The largest absolute Gasteiger partial charge is 0.363 e. The zero-order valence-corrected chi connectivity index (χ0v) is 23.6. The Morgan fingerprint density at radius 1 is 1.00 bits per heavy atom. The van der Waals surface area contributed by atoms with Crippen LogP contribution in [0, 0.1) is 6.92 Å². The molecule has 38 heavy (non-hydrogen) atoms. The van der Waals surface area contributed by atoms with Gasteiger partial charge in [-0.2, -0.15) is 8.99 Å². The lowest BCUT2D eigenvalue weighted by Gasteiger charge is -2.43. The SMILES string of the molecule is Cc1ccc(CN2CCN(C(=O)n3ccc(NS(C)(=O)=O)n3)CC2)c(N2C3CCC2CN(S(C)(=O)=O)C3)c1. The summed E-state index contributed by atoms with van der Waals surface area (Å²) in [6, 6.07) is 8.03. The van der Waals surface area contributed by atoms with Gasteiger partial charge in [-0.15, -0.1) is 5.10 Å². The number of anilines is 2. The van der Waals surface area contributed by atoms with Crippen LogP contribution in [0.1, 0.15) is 24.0 Å². The Morgan fingerprint density at radius 3 is 2.26 bits per heavy atom. The minimum Gasteiger partial charge on any atom is -0.363 e. The molecule has 0 saturated carbocycles. The van der Waals surface area contributed by atoms with Crippen molar-refractivity contribution in [3.05, 3.63) is 41.6 Å². The number of carbonyl (C=O) groups is 1. The van der Waals surface area contributed by atoms with Gasteiger partial charge in [-0.25, -0.2) is 21.6 Å². The van der Waals surface area contributed by atoms with E-state index in [1.807, 2.05) is 0 Å². The Morgan fingerprint density at radius 2 is 1.66 bits per heavy atom. The van der Waals surface area contributed by atoms with Crippen LogP contribution in [0.4, 0.5) is 16.3 Å². The molecule has 3 aliphatic heterocycles. The zero-order valence-electron chi connectivity index (χ0n) is 21.9. The van der Waals surface area contributed by atoms with Gasteiger partial charge in [0.2, 0.25) is 20.0 Å². The number of aryl methyl sites for hydroxylation is 1. The molecule has 1 aromatic heterocycles. The van der Waals surface area contributed by atoms with Crippen LogP contribution in [0.25, 0.3) is 0 Å². The van der Waals surface area contributed by atoms with Gasteiger partial charge in [0.05, 0.1) is 12.5 Å². The van der Waals surface area contributed by atoms with Gasteiger partial charge in [0.1, 0.15) is 0 Å². The molecule has 14 heteroatoms. The summed E-state index contributed by atoms with van der Waals surface area (Å²) >= 11 is 0. The quantitative estimate of drug-likeness (QED) is 0.549. The van der Waals surface area contributed by atoms with E-state index >= 15 is 0 Å². The summed E-state index contributed by atoms with van der Waals surface area (Å²) in [5.74, 6) is 0.109. The third-order valence-electron chi connectivity index (χ3n) is 7.55. The van der Waals surface area contributed by atoms with Crippen LogP contribution in [0.15, 0.2) is 30.5 Å². The van der Waals surface area contributed by atoms with Crippen molar-refractivity contribution in [2.45, 2.75) is 38.4 Å². The van der Waals surface area contributed by atoms with Crippen LogP contribution >= 0.6 is 0 Å². The summed E-state index contributed by atoms with van der Waals surface area (Å²) in [5.41, 5.74) is 3.57. The molecule has 208 valence electrons. The van der Waals surface area contributed by atoms with Crippen LogP contribution in [-0.4, -0.2) is 111 Å². The second kappa shape index (κ2) is 10.1. The van der Waals surface area contributed by atoms with Crippen molar-refractivity contribution in [1.82, 2.24) is 23.9 Å². The van der Waals surface area contributed by atoms with Gasteiger partial charge >= 0.3 is 6.03 Å². The Balaban J connectivity index is 1.24. The molecule has 4 heterocycles. The molecular formula is C24H35N7O5S2.